The van der Waals surface area contributed by atoms with Gasteiger partial charge in [-0.2, -0.15) is 0 Å². The van der Waals surface area contributed by atoms with Gasteiger partial charge in [-0.15, -0.1) is 11.8 Å². The summed E-state index contributed by atoms with van der Waals surface area (Å²) in [6.45, 7) is 5.20. The van der Waals surface area contributed by atoms with Crippen LogP contribution in [0, 0.1) is 12.8 Å². The Hall–Kier alpha value is -1.05. The molecular formula is C21H27ClN2O2S2. The molecule has 7 heteroatoms. The van der Waals surface area contributed by atoms with E-state index in [4.69, 9.17) is 11.6 Å². The predicted octanol–water partition coefficient (Wildman–Crippen LogP) is 4.56. The van der Waals surface area contributed by atoms with Gasteiger partial charge in [0, 0.05) is 23.0 Å². The van der Waals surface area contributed by atoms with Crippen molar-refractivity contribution in [2.75, 3.05) is 25.9 Å². The summed E-state index contributed by atoms with van der Waals surface area (Å²) in [4.78, 5) is 4.06. The Morgan fingerprint density at radius 1 is 1.18 bits per heavy atom. The monoisotopic (exact) mass is 438 g/mol. The number of nitrogens with one attached hydrogen (secondary N) is 1. The number of rotatable bonds is 7. The number of benzene rings is 2. The third kappa shape index (κ3) is 5.51. The van der Waals surface area contributed by atoms with Crippen molar-refractivity contribution in [1.29, 1.82) is 0 Å². The second-order valence-electron chi connectivity index (χ2n) is 7.29. The van der Waals surface area contributed by atoms with Crippen molar-refractivity contribution < 1.29 is 8.42 Å². The van der Waals surface area contributed by atoms with Crippen molar-refractivity contribution in [3.05, 3.63) is 58.6 Å². The van der Waals surface area contributed by atoms with Gasteiger partial charge < -0.3 is 0 Å². The lowest BCUT2D eigenvalue weighted by atomic mass is 9.97. The van der Waals surface area contributed by atoms with E-state index in [1.807, 2.05) is 0 Å². The Morgan fingerprint density at radius 3 is 2.61 bits per heavy atom. The van der Waals surface area contributed by atoms with Gasteiger partial charge in [-0.25, -0.2) is 13.1 Å². The number of aryl methyl sites for hydroxylation is 1. The van der Waals surface area contributed by atoms with E-state index >= 15 is 0 Å². The lowest BCUT2D eigenvalue weighted by molar-refractivity contribution is 0.177. The maximum Gasteiger partial charge on any atom is 0.240 e. The molecule has 2 aromatic rings. The van der Waals surface area contributed by atoms with Gasteiger partial charge in [-0.05, 0) is 74.4 Å². The Balaban J connectivity index is 1.52. The van der Waals surface area contributed by atoms with E-state index in [1.54, 1.807) is 30.8 Å². The molecule has 0 amide bonds. The van der Waals surface area contributed by atoms with Crippen molar-refractivity contribution in [2.24, 2.45) is 5.92 Å². The number of halogens is 1. The van der Waals surface area contributed by atoms with Crippen LogP contribution in [0.4, 0.5) is 0 Å². The fourth-order valence-corrected chi connectivity index (χ4v) is 5.82. The van der Waals surface area contributed by atoms with Crippen LogP contribution >= 0.6 is 23.4 Å². The van der Waals surface area contributed by atoms with Crippen LogP contribution in [0.3, 0.4) is 0 Å². The van der Waals surface area contributed by atoms with Crippen molar-refractivity contribution in [2.45, 2.75) is 36.1 Å². The van der Waals surface area contributed by atoms with Gasteiger partial charge in [0.05, 0.1) is 4.90 Å². The first-order valence-corrected chi connectivity index (χ1v) is 12.6. The SMILES string of the molecule is CSc1ccccc1CN1CCC(CNS(=O)(=O)c2cc(Cl)ccc2C)CC1. The molecule has 4 nitrogen and oxygen atoms in total. The van der Waals surface area contributed by atoms with E-state index in [-0.39, 0.29) is 4.90 Å². The van der Waals surface area contributed by atoms with E-state index in [2.05, 4.69) is 40.1 Å². The minimum Gasteiger partial charge on any atom is -0.299 e. The molecule has 152 valence electrons. The van der Waals surface area contributed by atoms with Crippen LogP contribution in [0.2, 0.25) is 5.02 Å². The quantitative estimate of drug-likeness (QED) is 0.643. The van der Waals surface area contributed by atoms with Crippen LogP contribution in [0.25, 0.3) is 0 Å². The molecular weight excluding hydrogens is 412 g/mol. The number of nitrogens with zero attached hydrogens (tertiary/aromatic N) is 1. The lowest BCUT2D eigenvalue weighted by Crippen LogP contribution is -2.38. The fraction of sp³-hybridized carbons (Fsp3) is 0.429. The van der Waals surface area contributed by atoms with E-state index in [1.165, 1.54) is 16.5 Å². The van der Waals surface area contributed by atoms with Gasteiger partial charge in [-0.3, -0.25) is 4.90 Å². The van der Waals surface area contributed by atoms with Gasteiger partial charge in [0.2, 0.25) is 10.0 Å². The van der Waals surface area contributed by atoms with Gasteiger partial charge in [0.15, 0.2) is 0 Å². The Morgan fingerprint density at radius 2 is 1.89 bits per heavy atom. The normalized spacial score (nSPS) is 16.4. The summed E-state index contributed by atoms with van der Waals surface area (Å²) in [5, 5.41) is 0.435. The highest BCUT2D eigenvalue weighted by Crippen LogP contribution is 2.25. The van der Waals surface area contributed by atoms with Crippen molar-refractivity contribution >= 4 is 33.4 Å². The highest BCUT2D eigenvalue weighted by molar-refractivity contribution is 7.98. The summed E-state index contributed by atoms with van der Waals surface area (Å²) in [5.74, 6) is 0.362. The molecule has 1 heterocycles. The summed E-state index contributed by atoms with van der Waals surface area (Å²) in [6, 6.07) is 13.5. The van der Waals surface area contributed by atoms with Crippen LogP contribution in [-0.4, -0.2) is 39.2 Å². The summed E-state index contributed by atoms with van der Waals surface area (Å²) in [6.07, 6.45) is 4.11. The molecule has 1 aliphatic heterocycles. The summed E-state index contributed by atoms with van der Waals surface area (Å²) in [7, 11) is -3.53. The predicted molar refractivity (Wildman–Crippen MR) is 118 cm³/mol. The molecule has 0 spiro atoms. The molecule has 0 saturated carbocycles. The number of sulfonamides is 1. The van der Waals surface area contributed by atoms with Crippen LogP contribution in [0.5, 0.6) is 0 Å². The Kier molecular flexibility index (Phi) is 7.45. The fourth-order valence-electron chi connectivity index (χ4n) is 3.59. The third-order valence-electron chi connectivity index (χ3n) is 5.30. The average Bonchev–Trinajstić information content (AvgIpc) is 2.69. The molecule has 3 rings (SSSR count). The third-order valence-corrected chi connectivity index (χ3v) is 7.93. The molecule has 1 N–H and O–H groups in total. The van der Waals surface area contributed by atoms with E-state index in [0.29, 0.717) is 23.0 Å². The van der Waals surface area contributed by atoms with Gasteiger partial charge in [0.25, 0.3) is 0 Å². The molecule has 1 saturated heterocycles. The highest BCUT2D eigenvalue weighted by Gasteiger charge is 2.23. The molecule has 0 atom stereocenters. The number of hydrogen-bond acceptors (Lipinski definition) is 4. The Labute approximate surface area is 177 Å². The van der Waals surface area contributed by atoms with Crippen LogP contribution in [0.15, 0.2) is 52.3 Å². The topological polar surface area (TPSA) is 49.4 Å². The second kappa shape index (κ2) is 9.63. The van der Waals surface area contributed by atoms with Crippen LogP contribution < -0.4 is 4.72 Å². The standard InChI is InChI=1S/C21H27ClN2O2S2/c1-16-7-8-19(22)13-21(16)28(25,26)23-14-17-9-11-24(12-10-17)15-18-5-3-4-6-20(18)27-2/h3-8,13,17,23H,9-12,14-15H2,1-2H3. The van der Waals surface area contributed by atoms with Gasteiger partial charge in [0.1, 0.15) is 0 Å². The summed E-state index contributed by atoms with van der Waals surface area (Å²) < 4.78 is 28.1. The zero-order valence-electron chi connectivity index (χ0n) is 16.3. The first kappa shape index (κ1) is 21.7. The van der Waals surface area contributed by atoms with Crippen LogP contribution in [0.1, 0.15) is 24.0 Å². The maximum atomic E-state index is 12.6. The van der Waals surface area contributed by atoms with Crippen molar-refractivity contribution in [1.82, 2.24) is 9.62 Å². The zero-order valence-corrected chi connectivity index (χ0v) is 18.7. The molecule has 1 aliphatic rings. The Bertz CT molecular complexity index is 910. The minimum atomic E-state index is -3.53. The van der Waals surface area contributed by atoms with Crippen LogP contribution in [-0.2, 0) is 16.6 Å². The average molecular weight is 439 g/mol. The van der Waals surface area contributed by atoms with Gasteiger partial charge in [-0.1, -0.05) is 35.9 Å². The van der Waals surface area contributed by atoms with E-state index in [9.17, 15) is 8.42 Å². The first-order chi connectivity index (χ1) is 13.4. The molecule has 0 aromatic heterocycles. The molecule has 0 radical (unpaired) electrons. The highest BCUT2D eigenvalue weighted by atomic mass is 35.5. The lowest BCUT2D eigenvalue weighted by Gasteiger charge is -2.32. The van der Waals surface area contributed by atoms with Crippen molar-refractivity contribution in [3.63, 3.8) is 0 Å². The smallest absolute Gasteiger partial charge is 0.240 e. The number of piperidine rings is 1. The van der Waals surface area contributed by atoms with E-state index < -0.39 is 10.0 Å². The molecule has 0 aliphatic carbocycles. The first-order valence-electron chi connectivity index (χ1n) is 9.49. The molecule has 2 aromatic carbocycles. The summed E-state index contributed by atoms with van der Waals surface area (Å²) in [5.41, 5.74) is 2.07. The van der Waals surface area contributed by atoms with E-state index in [0.717, 1.165) is 32.5 Å². The number of hydrogen-bond donors (Lipinski definition) is 1. The summed E-state index contributed by atoms with van der Waals surface area (Å²) >= 11 is 7.76. The molecule has 1 fully saturated rings. The molecule has 28 heavy (non-hydrogen) atoms. The number of thioether (sulfide) groups is 1. The molecule has 0 bridgehead atoms. The largest absolute Gasteiger partial charge is 0.299 e. The maximum absolute atomic E-state index is 12.6. The minimum absolute atomic E-state index is 0.270. The second-order valence-corrected chi connectivity index (χ2v) is 10.3. The number of likely N-dealkylation sites (tertiary alicyclic amines) is 1. The molecule has 0 unspecified atom stereocenters. The van der Waals surface area contributed by atoms with Crippen molar-refractivity contribution in [3.8, 4) is 0 Å². The zero-order chi connectivity index (χ0) is 20.1. The van der Waals surface area contributed by atoms with Gasteiger partial charge >= 0.3 is 0 Å².